The molecule has 0 aromatic heterocycles. The number of phenolic OH excluding ortho intramolecular Hbond substituents is 1. The number of amides is 2. The molecule has 2 heterocycles. The summed E-state index contributed by atoms with van der Waals surface area (Å²) in [5.41, 5.74) is 1.17. The summed E-state index contributed by atoms with van der Waals surface area (Å²) in [6.07, 6.45) is 3.17. The van der Waals surface area contributed by atoms with E-state index in [2.05, 4.69) is 0 Å². The smallest absolute Gasteiger partial charge is 0.254 e. The summed E-state index contributed by atoms with van der Waals surface area (Å²) in [6, 6.07) is 5.03. The van der Waals surface area contributed by atoms with Gasteiger partial charge in [0.1, 0.15) is 5.75 Å². The van der Waals surface area contributed by atoms with Crippen molar-refractivity contribution in [2.24, 2.45) is 5.41 Å². The standard InChI is InChI=1S/C19H26N2O4/c1-14-3-4-15(11-16(14)23)18(25)21-8-2-6-19(13-21)7-5-17(24)20(12-19)9-10-22/h3-4,11,22-23H,2,5-10,12-13H2,1H3/t19-/m0/s1. The molecule has 0 saturated carbocycles. The van der Waals surface area contributed by atoms with Crippen LogP contribution in [0.3, 0.4) is 0 Å². The Morgan fingerprint density at radius 1 is 1.28 bits per heavy atom. The second-order valence-electron chi connectivity index (χ2n) is 7.37. The molecule has 1 aromatic rings. The maximum absolute atomic E-state index is 12.9. The van der Waals surface area contributed by atoms with E-state index in [9.17, 15) is 19.8 Å². The third kappa shape index (κ3) is 3.63. The second kappa shape index (κ2) is 7.04. The van der Waals surface area contributed by atoms with Gasteiger partial charge in [0, 0.05) is 43.6 Å². The van der Waals surface area contributed by atoms with E-state index >= 15 is 0 Å². The number of β-amino-alcohol motifs (C(OH)–C–C–N with tert-alkyl or cyclic N) is 1. The summed E-state index contributed by atoms with van der Waals surface area (Å²) < 4.78 is 0. The minimum atomic E-state index is -0.0796. The highest BCUT2D eigenvalue weighted by atomic mass is 16.3. The maximum atomic E-state index is 12.9. The molecule has 1 spiro atoms. The van der Waals surface area contributed by atoms with Gasteiger partial charge in [0.05, 0.1) is 6.61 Å². The number of aliphatic hydroxyl groups excluding tert-OH is 1. The molecule has 1 aromatic carbocycles. The van der Waals surface area contributed by atoms with Crippen molar-refractivity contribution in [3.05, 3.63) is 29.3 Å². The molecule has 2 saturated heterocycles. The lowest BCUT2D eigenvalue weighted by molar-refractivity contribution is -0.139. The number of carbonyl (C=O) groups is 2. The molecular weight excluding hydrogens is 320 g/mol. The first-order chi connectivity index (χ1) is 11.9. The summed E-state index contributed by atoms with van der Waals surface area (Å²) >= 11 is 0. The minimum Gasteiger partial charge on any atom is -0.508 e. The lowest BCUT2D eigenvalue weighted by Crippen LogP contribution is -2.55. The molecule has 136 valence electrons. The van der Waals surface area contributed by atoms with Gasteiger partial charge >= 0.3 is 0 Å². The number of benzene rings is 1. The van der Waals surface area contributed by atoms with Crippen LogP contribution in [-0.2, 0) is 4.79 Å². The van der Waals surface area contributed by atoms with Crippen LogP contribution in [0.15, 0.2) is 18.2 Å². The molecule has 2 aliphatic heterocycles. The van der Waals surface area contributed by atoms with E-state index in [1.54, 1.807) is 24.0 Å². The van der Waals surface area contributed by atoms with Crippen LogP contribution in [0.1, 0.15) is 41.6 Å². The fourth-order valence-corrected chi connectivity index (χ4v) is 4.07. The van der Waals surface area contributed by atoms with Crippen LogP contribution < -0.4 is 0 Å². The summed E-state index contributed by atoms with van der Waals surface area (Å²) in [6.45, 7) is 4.05. The summed E-state index contributed by atoms with van der Waals surface area (Å²) in [7, 11) is 0. The highest BCUT2D eigenvalue weighted by molar-refractivity contribution is 5.94. The molecule has 0 unspecified atom stereocenters. The van der Waals surface area contributed by atoms with Crippen LogP contribution in [0.4, 0.5) is 0 Å². The van der Waals surface area contributed by atoms with Crippen LogP contribution in [0.25, 0.3) is 0 Å². The van der Waals surface area contributed by atoms with Gasteiger partial charge in [-0.05, 0) is 43.9 Å². The molecular formula is C19H26N2O4. The molecule has 0 bridgehead atoms. The van der Waals surface area contributed by atoms with Gasteiger partial charge in [-0.1, -0.05) is 6.07 Å². The average Bonchev–Trinajstić information content (AvgIpc) is 2.60. The number of carbonyl (C=O) groups excluding carboxylic acids is 2. The van der Waals surface area contributed by atoms with Crippen LogP contribution >= 0.6 is 0 Å². The van der Waals surface area contributed by atoms with Crippen LogP contribution in [0, 0.1) is 12.3 Å². The number of aliphatic hydroxyl groups is 1. The Hall–Kier alpha value is -2.08. The van der Waals surface area contributed by atoms with E-state index in [0.29, 0.717) is 38.2 Å². The van der Waals surface area contributed by atoms with E-state index in [1.165, 1.54) is 6.07 Å². The topological polar surface area (TPSA) is 81.1 Å². The van der Waals surface area contributed by atoms with Crippen molar-refractivity contribution < 1.29 is 19.8 Å². The fourth-order valence-electron chi connectivity index (χ4n) is 4.07. The SMILES string of the molecule is Cc1ccc(C(=O)N2CCC[C@@]3(CCC(=O)N(CCO)C3)C2)cc1O. The van der Waals surface area contributed by atoms with Crippen molar-refractivity contribution in [1.82, 2.24) is 9.80 Å². The molecule has 2 N–H and O–H groups in total. The van der Waals surface area contributed by atoms with Gasteiger partial charge in [-0.2, -0.15) is 0 Å². The van der Waals surface area contributed by atoms with Crippen molar-refractivity contribution in [2.45, 2.75) is 32.6 Å². The van der Waals surface area contributed by atoms with Crippen molar-refractivity contribution in [2.75, 3.05) is 32.8 Å². The quantitative estimate of drug-likeness (QED) is 0.870. The number of likely N-dealkylation sites (tertiary alicyclic amines) is 2. The first-order valence-corrected chi connectivity index (χ1v) is 8.92. The maximum Gasteiger partial charge on any atom is 0.254 e. The molecule has 0 aliphatic carbocycles. The number of hydrogen-bond donors (Lipinski definition) is 2. The normalized spacial score (nSPS) is 24.0. The minimum absolute atomic E-state index is 0.0346. The van der Waals surface area contributed by atoms with Crippen molar-refractivity contribution in [3.63, 3.8) is 0 Å². The fraction of sp³-hybridized carbons (Fsp3) is 0.579. The lowest BCUT2D eigenvalue weighted by atomic mass is 9.73. The highest BCUT2D eigenvalue weighted by Gasteiger charge is 2.42. The Bertz CT molecular complexity index is 675. The third-order valence-electron chi connectivity index (χ3n) is 5.52. The van der Waals surface area contributed by atoms with Gasteiger partial charge < -0.3 is 20.0 Å². The molecule has 2 amide bonds. The predicted molar refractivity (Wildman–Crippen MR) is 93.3 cm³/mol. The highest BCUT2D eigenvalue weighted by Crippen LogP contribution is 2.39. The van der Waals surface area contributed by atoms with E-state index in [0.717, 1.165) is 24.8 Å². The molecule has 1 atom stereocenters. The predicted octanol–water partition coefficient (Wildman–Crippen LogP) is 1.54. The zero-order valence-electron chi connectivity index (χ0n) is 14.7. The van der Waals surface area contributed by atoms with Gasteiger partial charge in [-0.25, -0.2) is 0 Å². The molecule has 25 heavy (non-hydrogen) atoms. The molecule has 6 heteroatoms. The van der Waals surface area contributed by atoms with Gasteiger partial charge in [0.2, 0.25) is 5.91 Å². The van der Waals surface area contributed by atoms with E-state index in [-0.39, 0.29) is 29.6 Å². The molecule has 3 rings (SSSR count). The van der Waals surface area contributed by atoms with Gasteiger partial charge in [-0.15, -0.1) is 0 Å². The lowest BCUT2D eigenvalue weighted by Gasteiger charge is -2.48. The summed E-state index contributed by atoms with van der Waals surface area (Å²) in [5.74, 6) is 0.154. The number of piperidine rings is 2. The number of phenols is 1. The zero-order chi connectivity index (χ0) is 18.0. The number of hydrogen-bond acceptors (Lipinski definition) is 4. The first-order valence-electron chi connectivity index (χ1n) is 8.92. The van der Waals surface area contributed by atoms with Gasteiger partial charge in [0.25, 0.3) is 5.91 Å². The Kier molecular flexibility index (Phi) is 4.99. The monoisotopic (exact) mass is 346 g/mol. The average molecular weight is 346 g/mol. The summed E-state index contributed by atoms with van der Waals surface area (Å²) in [5, 5.41) is 19.1. The number of nitrogens with zero attached hydrogens (tertiary/aromatic N) is 2. The van der Waals surface area contributed by atoms with E-state index in [1.807, 2.05) is 4.90 Å². The Balaban J connectivity index is 1.75. The van der Waals surface area contributed by atoms with E-state index < -0.39 is 0 Å². The third-order valence-corrected chi connectivity index (χ3v) is 5.52. The molecule has 2 aliphatic rings. The number of aryl methyl sites for hydroxylation is 1. The largest absolute Gasteiger partial charge is 0.508 e. The first kappa shape index (κ1) is 17.7. The Morgan fingerprint density at radius 2 is 2.08 bits per heavy atom. The zero-order valence-corrected chi connectivity index (χ0v) is 14.7. The van der Waals surface area contributed by atoms with Gasteiger partial charge in [-0.3, -0.25) is 9.59 Å². The summed E-state index contributed by atoms with van der Waals surface area (Å²) in [4.78, 5) is 28.5. The van der Waals surface area contributed by atoms with Crippen LogP contribution in [-0.4, -0.2) is 64.6 Å². The molecule has 2 fully saturated rings. The van der Waals surface area contributed by atoms with E-state index in [4.69, 9.17) is 0 Å². The van der Waals surface area contributed by atoms with Crippen LogP contribution in [0.2, 0.25) is 0 Å². The molecule has 0 radical (unpaired) electrons. The number of aromatic hydroxyl groups is 1. The van der Waals surface area contributed by atoms with Crippen molar-refractivity contribution >= 4 is 11.8 Å². The van der Waals surface area contributed by atoms with Crippen molar-refractivity contribution in [1.29, 1.82) is 0 Å². The molecule has 6 nitrogen and oxygen atoms in total. The van der Waals surface area contributed by atoms with Gasteiger partial charge in [0.15, 0.2) is 0 Å². The second-order valence-corrected chi connectivity index (χ2v) is 7.37. The Labute approximate surface area is 148 Å². The van der Waals surface area contributed by atoms with Crippen LogP contribution in [0.5, 0.6) is 5.75 Å². The Morgan fingerprint density at radius 3 is 2.80 bits per heavy atom. The van der Waals surface area contributed by atoms with Crippen molar-refractivity contribution in [3.8, 4) is 5.75 Å². The number of rotatable bonds is 3.